The first-order valence-electron chi connectivity index (χ1n) is 10.1. The maximum absolute atomic E-state index is 13.2. The number of rotatable bonds is 9. The van der Waals surface area contributed by atoms with Crippen LogP contribution in [0.3, 0.4) is 0 Å². The maximum atomic E-state index is 13.2. The lowest BCUT2D eigenvalue weighted by Crippen LogP contribution is -2.10. The third-order valence-electron chi connectivity index (χ3n) is 5.06. The lowest BCUT2D eigenvalue weighted by atomic mass is 10.0. The van der Waals surface area contributed by atoms with Crippen molar-refractivity contribution in [2.45, 2.75) is 0 Å². The zero-order valence-electron chi connectivity index (χ0n) is 18.5. The van der Waals surface area contributed by atoms with Crippen LogP contribution in [0.15, 0.2) is 72.8 Å². The number of fused-ring (bicyclic) bond motifs is 1. The SMILES string of the molecule is C=CS(=O)(=O)Nc1ccccc1Nc1ccc2c(C(=O)c3cc(OC)cc(OC)c3)c[nH]c2n1. The second kappa shape index (κ2) is 9.28. The molecule has 0 aliphatic carbocycles. The van der Waals surface area contributed by atoms with Crippen LogP contribution in [-0.2, 0) is 10.0 Å². The molecule has 0 bridgehead atoms. The van der Waals surface area contributed by atoms with Gasteiger partial charge in [-0.05, 0) is 36.4 Å². The molecule has 9 nitrogen and oxygen atoms in total. The number of aromatic amines is 1. The van der Waals surface area contributed by atoms with Gasteiger partial charge in [-0.15, -0.1) is 0 Å². The number of carbonyl (C=O) groups excluding carboxylic acids is 1. The number of carbonyl (C=O) groups is 1. The molecule has 34 heavy (non-hydrogen) atoms. The van der Waals surface area contributed by atoms with Crippen molar-refractivity contribution < 1.29 is 22.7 Å². The first-order chi connectivity index (χ1) is 16.3. The first-order valence-corrected chi connectivity index (χ1v) is 11.7. The van der Waals surface area contributed by atoms with E-state index in [0.717, 1.165) is 5.41 Å². The number of H-pyrrole nitrogens is 1. The summed E-state index contributed by atoms with van der Waals surface area (Å²) in [6, 6.07) is 15.3. The molecule has 0 saturated heterocycles. The summed E-state index contributed by atoms with van der Waals surface area (Å²) in [6.07, 6.45) is 1.60. The Hall–Kier alpha value is -4.31. The number of hydrogen-bond donors (Lipinski definition) is 3. The predicted molar refractivity (Wildman–Crippen MR) is 132 cm³/mol. The summed E-state index contributed by atoms with van der Waals surface area (Å²) in [6.45, 7) is 3.31. The van der Waals surface area contributed by atoms with Gasteiger partial charge in [0.15, 0.2) is 5.78 Å². The fourth-order valence-corrected chi connectivity index (χ4v) is 3.94. The van der Waals surface area contributed by atoms with Crippen molar-refractivity contribution in [1.82, 2.24) is 9.97 Å². The second-order valence-electron chi connectivity index (χ2n) is 7.21. The van der Waals surface area contributed by atoms with E-state index in [4.69, 9.17) is 9.47 Å². The average molecular weight is 479 g/mol. The van der Waals surface area contributed by atoms with Crippen LogP contribution in [0.5, 0.6) is 11.5 Å². The van der Waals surface area contributed by atoms with E-state index in [2.05, 4.69) is 26.6 Å². The van der Waals surface area contributed by atoms with Crippen LogP contribution in [0.1, 0.15) is 15.9 Å². The summed E-state index contributed by atoms with van der Waals surface area (Å²) in [5.74, 6) is 1.27. The maximum Gasteiger partial charge on any atom is 0.254 e. The lowest BCUT2D eigenvalue weighted by Gasteiger charge is -2.12. The van der Waals surface area contributed by atoms with E-state index in [0.29, 0.717) is 50.9 Å². The molecule has 2 aromatic heterocycles. The van der Waals surface area contributed by atoms with Gasteiger partial charge in [-0.25, -0.2) is 13.4 Å². The number of pyridine rings is 1. The van der Waals surface area contributed by atoms with Gasteiger partial charge in [0.25, 0.3) is 10.0 Å². The van der Waals surface area contributed by atoms with Gasteiger partial charge in [-0.3, -0.25) is 9.52 Å². The van der Waals surface area contributed by atoms with E-state index in [9.17, 15) is 13.2 Å². The lowest BCUT2D eigenvalue weighted by molar-refractivity contribution is 0.103. The zero-order valence-corrected chi connectivity index (χ0v) is 19.3. The number of para-hydroxylation sites is 2. The van der Waals surface area contributed by atoms with Crippen molar-refractivity contribution in [3.05, 3.63) is 83.9 Å². The van der Waals surface area contributed by atoms with E-state index >= 15 is 0 Å². The quantitative estimate of drug-likeness (QED) is 0.304. The van der Waals surface area contributed by atoms with Gasteiger partial charge in [0.1, 0.15) is 23.0 Å². The molecule has 0 atom stereocenters. The minimum atomic E-state index is -3.67. The van der Waals surface area contributed by atoms with E-state index in [1.807, 2.05) is 0 Å². The molecule has 174 valence electrons. The molecule has 0 aliphatic heterocycles. The Bertz CT molecular complexity index is 1470. The number of aromatic nitrogens is 2. The second-order valence-corrected chi connectivity index (χ2v) is 8.84. The molecule has 0 amide bonds. The van der Waals surface area contributed by atoms with Gasteiger partial charge < -0.3 is 19.8 Å². The third kappa shape index (κ3) is 4.71. The summed E-state index contributed by atoms with van der Waals surface area (Å²) in [5.41, 5.74) is 2.21. The van der Waals surface area contributed by atoms with E-state index in [1.165, 1.54) is 14.2 Å². The number of hydrogen-bond acceptors (Lipinski definition) is 7. The van der Waals surface area contributed by atoms with Crippen molar-refractivity contribution in [3.8, 4) is 11.5 Å². The molecule has 0 spiro atoms. The van der Waals surface area contributed by atoms with Crippen LogP contribution in [0.2, 0.25) is 0 Å². The molecule has 4 rings (SSSR count). The number of methoxy groups -OCH3 is 2. The standard InChI is InChI=1S/C24H22N4O5S/c1-4-34(30,31)28-21-8-6-5-7-20(21)26-22-10-9-18-19(14-25-24(18)27-22)23(29)15-11-16(32-2)13-17(12-15)33-3/h4-14,28H,1H2,2-3H3,(H2,25,26,27). The largest absolute Gasteiger partial charge is 0.497 e. The molecule has 10 heteroatoms. The summed E-state index contributed by atoms with van der Waals surface area (Å²) in [7, 11) is -0.630. The van der Waals surface area contributed by atoms with E-state index in [-0.39, 0.29) is 5.78 Å². The Kier molecular flexibility index (Phi) is 6.24. The Morgan fingerprint density at radius 3 is 2.35 bits per heavy atom. The number of anilines is 3. The normalized spacial score (nSPS) is 11.1. The summed E-state index contributed by atoms with van der Waals surface area (Å²) in [4.78, 5) is 20.7. The molecular weight excluding hydrogens is 456 g/mol. The number of nitrogens with one attached hydrogen (secondary N) is 3. The highest BCUT2D eigenvalue weighted by atomic mass is 32.2. The smallest absolute Gasteiger partial charge is 0.254 e. The highest BCUT2D eigenvalue weighted by Gasteiger charge is 2.18. The molecule has 0 unspecified atom stereocenters. The van der Waals surface area contributed by atoms with Crippen molar-refractivity contribution >= 4 is 44.0 Å². The predicted octanol–water partition coefficient (Wildman–Crippen LogP) is 4.44. The summed E-state index contributed by atoms with van der Waals surface area (Å²) < 4.78 is 36.7. The Morgan fingerprint density at radius 1 is 1.03 bits per heavy atom. The van der Waals surface area contributed by atoms with Crippen LogP contribution in [0.4, 0.5) is 17.2 Å². The molecule has 0 radical (unpaired) electrons. The van der Waals surface area contributed by atoms with Crippen molar-refractivity contribution in [2.24, 2.45) is 0 Å². The van der Waals surface area contributed by atoms with E-state index in [1.54, 1.807) is 60.8 Å². The van der Waals surface area contributed by atoms with Crippen molar-refractivity contribution in [1.29, 1.82) is 0 Å². The molecule has 4 aromatic rings. The monoisotopic (exact) mass is 478 g/mol. The molecular formula is C24H22N4O5S. The van der Waals surface area contributed by atoms with Gasteiger partial charge in [-0.1, -0.05) is 18.7 Å². The third-order valence-corrected chi connectivity index (χ3v) is 6.00. The number of benzene rings is 2. The van der Waals surface area contributed by atoms with Crippen LogP contribution < -0.4 is 19.5 Å². The average Bonchev–Trinajstić information content (AvgIpc) is 3.27. The molecule has 3 N–H and O–H groups in total. The number of ketones is 1. The van der Waals surface area contributed by atoms with E-state index < -0.39 is 10.0 Å². The number of ether oxygens (including phenoxy) is 2. The van der Waals surface area contributed by atoms with Crippen LogP contribution in [-0.4, -0.2) is 38.4 Å². The van der Waals surface area contributed by atoms with Crippen LogP contribution >= 0.6 is 0 Å². The summed E-state index contributed by atoms with van der Waals surface area (Å²) in [5, 5.41) is 4.58. The molecule has 0 aliphatic rings. The van der Waals surface area contributed by atoms with Gasteiger partial charge >= 0.3 is 0 Å². The molecule has 0 fully saturated rings. The molecule has 2 heterocycles. The molecule has 0 saturated carbocycles. The van der Waals surface area contributed by atoms with Gasteiger partial charge in [-0.2, -0.15) is 0 Å². The van der Waals surface area contributed by atoms with Crippen LogP contribution in [0.25, 0.3) is 11.0 Å². The van der Waals surface area contributed by atoms with Crippen molar-refractivity contribution in [2.75, 3.05) is 24.3 Å². The molecule has 2 aromatic carbocycles. The Morgan fingerprint density at radius 2 is 1.71 bits per heavy atom. The topological polar surface area (TPSA) is 122 Å². The minimum absolute atomic E-state index is 0.213. The van der Waals surface area contributed by atoms with Crippen LogP contribution in [0, 0.1) is 0 Å². The van der Waals surface area contributed by atoms with Crippen molar-refractivity contribution in [3.63, 3.8) is 0 Å². The Balaban J connectivity index is 1.64. The van der Waals surface area contributed by atoms with Gasteiger partial charge in [0.05, 0.1) is 25.6 Å². The highest BCUT2D eigenvalue weighted by molar-refractivity contribution is 7.95. The summed E-state index contributed by atoms with van der Waals surface area (Å²) >= 11 is 0. The fourth-order valence-electron chi connectivity index (χ4n) is 3.37. The minimum Gasteiger partial charge on any atom is -0.497 e. The fraction of sp³-hybridized carbons (Fsp3) is 0.0833. The zero-order chi connectivity index (χ0) is 24.3. The number of sulfonamides is 1. The van der Waals surface area contributed by atoms with Gasteiger partial charge in [0.2, 0.25) is 0 Å². The van der Waals surface area contributed by atoms with Gasteiger partial charge in [0, 0.05) is 34.2 Å². The number of nitrogens with zero attached hydrogens (tertiary/aromatic N) is 1. The highest BCUT2D eigenvalue weighted by Crippen LogP contribution is 2.29. The first kappa shape index (κ1) is 22.9. The Labute approximate surface area is 196 Å².